The Balaban J connectivity index is 1.25. The van der Waals surface area contributed by atoms with Crippen molar-refractivity contribution in [3.05, 3.63) is 113 Å². The van der Waals surface area contributed by atoms with Crippen LogP contribution in [-0.2, 0) is 12.0 Å². The molecule has 0 unspecified atom stereocenters. The number of carbonyl (C=O) groups is 1. The molecule has 0 aromatic heterocycles. The van der Waals surface area contributed by atoms with Gasteiger partial charge in [0.25, 0.3) is 5.91 Å². The minimum absolute atomic E-state index is 0.0366. The monoisotopic (exact) mass is 475 g/mol. The van der Waals surface area contributed by atoms with E-state index in [0.717, 1.165) is 54.5 Å². The summed E-state index contributed by atoms with van der Waals surface area (Å²) in [7, 11) is 0. The molecule has 0 bridgehead atoms. The number of carbonyl (C=O) groups excluding carboxylic acids is 1. The van der Waals surface area contributed by atoms with Crippen molar-refractivity contribution in [1.82, 2.24) is 4.90 Å². The zero-order chi connectivity index (χ0) is 24.7. The fourth-order valence-electron chi connectivity index (χ4n) is 5.81. The molecule has 1 amide bonds. The first-order chi connectivity index (χ1) is 17.5. The number of likely N-dealkylation sites (tertiary alicyclic amines) is 1. The molecule has 2 heterocycles. The maximum atomic E-state index is 14.4. The molecule has 0 saturated carbocycles. The van der Waals surface area contributed by atoms with Gasteiger partial charge in [-0.2, -0.15) is 5.26 Å². The predicted molar refractivity (Wildman–Crippen MR) is 139 cm³/mol. The van der Waals surface area contributed by atoms with Crippen molar-refractivity contribution >= 4 is 22.4 Å². The number of anilines is 1. The van der Waals surface area contributed by atoms with Crippen LogP contribution in [-0.4, -0.2) is 30.4 Å². The summed E-state index contributed by atoms with van der Waals surface area (Å²) in [6.07, 6.45) is 1.72. The van der Waals surface area contributed by atoms with Gasteiger partial charge in [-0.1, -0.05) is 42.5 Å². The lowest BCUT2D eigenvalue weighted by Crippen LogP contribution is -2.45. The molecule has 0 N–H and O–H groups in total. The van der Waals surface area contributed by atoms with Gasteiger partial charge in [0.15, 0.2) is 0 Å². The third-order valence-corrected chi connectivity index (χ3v) is 7.83. The predicted octanol–water partition coefficient (Wildman–Crippen LogP) is 6.04. The second-order valence-electron chi connectivity index (χ2n) is 9.98. The van der Waals surface area contributed by atoms with E-state index in [9.17, 15) is 9.18 Å². The maximum Gasteiger partial charge on any atom is 0.258 e. The number of benzene rings is 4. The molecule has 4 nitrogen and oxygen atoms in total. The van der Waals surface area contributed by atoms with Crippen molar-refractivity contribution in [1.29, 1.82) is 5.26 Å². The van der Waals surface area contributed by atoms with E-state index in [-0.39, 0.29) is 17.1 Å². The Morgan fingerprint density at radius 3 is 2.42 bits per heavy atom. The number of hydrogen-bond acceptors (Lipinski definition) is 3. The molecular formula is C31H26FN3O. The molecular weight excluding hydrogens is 449 g/mol. The molecule has 178 valence electrons. The van der Waals surface area contributed by atoms with Crippen LogP contribution in [0.5, 0.6) is 0 Å². The third kappa shape index (κ3) is 3.94. The summed E-state index contributed by atoms with van der Waals surface area (Å²) in [5, 5.41) is 11.2. The second-order valence-corrected chi connectivity index (χ2v) is 9.98. The van der Waals surface area contributed by atoms with Crippen LogP contribution in [0.25, 0.3) is 10.8 Å². The molecule has 1 saturated heterocycles. The number of nitrogens with zero attached hydrogens (tertiary/aromatic N) is 3. The van der Waals surface area contributed by atoms with Crippen molar-refractivity contribution in [2.45, 2.75) is 24.8 Å². The smallest absolute Gasteiger partial charge is 0.258 e. The molecule has 6 rings (SSSR count). The average Bonchev–Trinajstić information content (AvgIpc) is 3.22. The fraction of sp³-hybridized carbons (Fsp3) is 0.226. The lowest BCUT2D eigenvalue weighted by Gasteiger charge is -2.40. The van der Waals surface area contributed by atoms with Crippen LogP contribution in [0.3, 0.4) is 0 Å². The zero-order valence-electron chi connectivity index (χ0n) is 20.0. The van der Waals surface area contributed by atoms with E-state index in [0.29, 0.717) is 17.7 Å². The van der Waals surface area contributed by atoms with Gasteiger partial charge < -0.3 is 4.90 Å². The van der Waals surface area contributed by atoms with Gasteiger partial charge in [-0.15, -0.1) is 0 Å². The Morgan fingerprint density at radius 1 is 0.917 bits per heavy atom. The first-order valence-electron chi connectivity index (χ1n) is 12.4. The molecule has 0 aliphatic carbocycles. The average molecular weight is 476 g/mol. The lowest BCUT2D eigenvalue weighted by atomic mass is 9.74. The minimum atomic E-state index is -0.256. The van der Waals surface area contributed by atoms with Crippen molar-refractivity contribution < 1.29 is 9.18 Å². The van der Waals surface area contributed by atoms with E-state index in [1.165, 1.54) is 11.6 Å². The van der Waals surface area contributed by atoms with Gasteiger partial charge >= 0.3 is 0 Å². The first kappa shape index (κ1) is 22.5. The van der Waals surface area contributed by atoms with Gasteiger partial charge in [-0.3, -0.25) is 9.69 Å². The summed E-state index contributed by atoms with van der Waals surface area (Å²) in [6, 6.07) is 28.6. The number of halogens is 1. The summed E-state index contributed by atoms with van der Waals surface area (Å²) in [5.41, 5.74) is 4.03. The van der Waals surface area contributed by atoms with Crippen molar-refractivity contribution in [3.8, 4) is 6.07 Å². The number of amides is 1. The largest absolute Gasteiger partial charge is 0.307 e. The first-order valence-corrected chi connectivity index (χ1v) is 12.4. The number of piperidine rings is 1. The molecule has 4 aromatic carbocycles. The van der Waals surface area contributed by atoms with Gasteiger partial charge in [-0.05, 0) is 90.3 Å². The van der Waals surface area contributed by atoms with Crippen molar-refractivity contribution in [2.75, 3.05) is 24.5 Å². The topological polar surface area (TPSA) is 47.3 Å². The van der Waals surface area contributed by atoms with E-state index < -0.39 is 0 Å². The summed E-state index contributed by atoms with van der Waals surface area (Å²) >= 11 is 0. The number of nitriles is 1. The minimum Gasteiger partial charge on any atom is -0.307 e. The zero-order valence-corrected chi connectivity index (χ0v) is 20.0. The van der Waals surface area contributed by atoms with Gasteiger partial charge in [0, 0.05) is 29.8 Å². The van der Waals surface area contributed by atoms with Gasteiger partial charge in [0.1, 0.15) is 5.82 Å². The molecule has 1 fully saturated rings. The Labute approximate surface area is 210 Å². The summed E-state index contributed by atoms with van der Waals surface area (Å²) < 4.78 is 14.4. The highest BCUT2D eigenvalue weighted by molar-refractivity contribution is 6.09. The van der Waals surface area contributed by atoms with Crippen LogP contribution in [0.1, 0.15) is 39.9 Å². The quantitative estimate of drug-likeness (QED) is 0.363. The summed E-state index contributed by atoms with van der Waals surface area (Å²) in [6.45, 7) is 3.13. The highest BCUT2D eigenvalue weighted by atomic mass is 19.1. The molecule has 0 atom stereocenters. The Hall–Kier alpha value is -4.01. The molecule has 0 radical (unpaired) electrons. The van der Waals surface area contributed by atoms with Gasteiger partial charge in [0.2, 0.25) is 0 Å². The second kappa shape index (κ2) is 8.89. The molecule has 2 aliphatic heterocycles. The van der Waals surface area contributed by atoms with Crippen LogP contribution < -0.4 is 4.90 Å². The third-order valence-electron chi connectivity index (χ3n) is 7.83. The molecule has 4 aromatic rings. The number of rotatable bonds is 3. The van der Waals surface area contributed by atoms with E-state index in [2.05, 4.69) is 11.0 Å². The van der Waals surface area contributed by atoms with Crippen LogP contribution in [0, 0.1) is 17.1 Å². The molecule has 2 aliphatic rings. The highest BCUT2D eigenvalue weighted by Gasteiger charge is 2.46. The summed E-state index contributed by atoms with van der Waals surface area (Å²) in [5.74, 6) is -0.293. The summed E-state index contributed by atoms with van der Waals surface area (Å²) in [4.78, 5) is 18.0. The highest BCUT2D eigenvalue weighted by Crippen LogP contribution is 2.48. The van der Waals surface area contributed by atoms with Crippen LogP contribution in [0.15, 0.2) is 84.9 Å². The number of fused-ring (bicyclic) bond motifs is 3. The SMILES string of the molecule is N#Cc1ccc(CN2CCC3(CC2)CN(C(=O)c2ccc4ccccc4c2)c2ccc(F)cc23)cc1. The van der Waals surface area contributed by atoms with Crippen LogP contribution in [0.4, 0.5) is 10.1 Å². The van der Waals surface area contributed by atoms with Crippen LogP contribution >= 0.6 is 0 Å². The van der Waals surface area contributed by atoms with E-state index in [1.54, 1.807) is 12.1 Å². The van der Waals surface area contributed by atoms with Gasteiger partial charge in [-0.25, -0.2) is 4.39 Å². The Kier molecular flexibility index (Phi) is 5.55. The van der Waals surface area contributed by atoms with E-state index in [1.807, 2.05) is 71.6 Å². The Morgan fingerprint density at radius 2 is 1.67 bits per heavy atom. The normalized spacial score (nSPS) is 16.7. The van der Waals surface area contributed by atoms with Gasteiger partial charge in [0.05, 0.1) is 11.6 Å². The standard InChI is InChI=1S/C31H26FN3O/c32-27-11-12-29-28(18-27)31(13-15-34(16-14-31)20-23-7-5-22(19-33)6-8-23)21-35(29)30(36)26-10-9-24-3-1-2-4-25(24)17-26/h1-12,17-18H,13-16,20-21H2. The maximum absolute atomic E-state index is 14.4. The van der Waals surface area contributed by atoms with Crippen molar-refractivity contribution in [2.24, 2.45) is 0 Å². The fourth-order valence-corrected chi connectivity index (χ4v) is 5.81. The molecule has 36 heavy (non-hydrogen) atoms. The van der Waals surface area contributed by atoms with E-state index in [4.69, 9.17) is 5.26 Å². The van der Waals surface area contributed by atoms with Crippen molar-refractivity contribution in [3.63, 3.8) is 0 Å². The number of hydrogen-bond donors (Lipinski definition) is 0. The Bertz CT molecular complexity index is 1500. The van der Waals surface area contributed by atoms with Crippen LogP contribution in [0.2, 0.25) is 0 Å². The lowest BCUT2D eigenvalue weighted by molar-refractivity contribution is 0.0975. The molecule has 1 spiro atoms. The van der Waals surface area contributed by atoms with E-state index >= 15 is 0 Å². The molecule has 5 heteroatoms.